The number of carboxylic acids is 1. The average molecular weight is 543 g/mol. The summed E-state index contributed by atoms with van der Waals surface area (Å²) in [7, 11) is 1.51. The molecule has 1 fully saturated rings. The van der Waals surface area contributed by atoms with Crippen LogP contribution in [0, 0.1) is 23.5 Å². The molecule has 200 valence electrons. The standard InChI is InChI=1S/C26H18F5N5O3/c1-36-34-24(33-35-36)11-2-3-14(20(28)6-11)15-5-13(19(27)8-18(15)26(29,30)31)10-39-21-7-12-4-16-22(17(12)9-32-21)23(16)25(37)38/h2-3,5-9,16,22-23H,4,10H2,1H3,(H,37,38). The maximum absolute atomic E-state index is 15.1. The van der Waals surface area contributed by atoms with Gasteiger partial charge in [0, 0.05) is 34.9 Å². The highest BCUT2D eigenvalue weighted by Crippen LogP contribution is 2.61. The van der Waals surface area contributed by atoms with Crippen LogP contribution < -0.4 is 4.74 Å². The van der Waals surface area contributed by atoms with Crippen LogP contribution >= 0.6 is 0 Å². The molecule has 0 radical (unpaired) electrons. The van der Waals surface area contributed by atoms with E-state index < -0.39 is 47.4 Å². The molecule has 0 amide bonds. The lowest BCUT2D eigenvalue weighted by molar-refractivity contribution is -0.139. The number of carboxylic acid groups (broad SMARTS) is 1. The van der Waals surface area contributed by atoms with Gasteiger partial charge in [0.2, 0.25) is 11.7 Å². The second-order valence-electron chi connectivity index (χ2n) is 9.55. The van der Waals surface area contributed by atoms with Crippen molar-refractivity contribution in [3.63, 3.8) is 0 Å². The summed E-state index contributed by atoms with van der Waals surface area (Å²) in [5.74, 6) is -3.28. The molecule has 2 aromatic heterocycles. The number of rotatable bonds is 6. The number of pyridine rings is 1. The first-order valence-corrected chi connectivity index (χ1v) is 11.8. The van der Waals surface area contributed by atoms with Crippen molar-refractivity contribution in [1.82, 2.24) is 25.2 Å². The Morgan fingerprint density at radius 1 is 1.13 bits per heavy atom. The van der Waals surface area contributed by atoms with E-state index in [9.17, 15) is 27.5 Å². The third-order valence-corrected chi connectivity index (χ3v) is 7.16. The average Bonchev–Trinajstić information content (AvgIpc) is 3.20. The molecule has 39 heavy (non-hydrogen) atoms. The molecule has 1 N–H and O–H groups in total. The third kappa shape index (κ3) is 4.37. The summed E-state index contributed by atoms with van der Waals surface area (Å²) < 4.78 is 76.9. The SMILES string of the molecule is Cn1nnc(-c2ccc(-c3cc(COc4cc5c(cn4)C4C(C5)C4C(=O)O)c(F)cc3C(F)(F)F)c(F)c2)n1. The number of nitrogens with zero attached hydrogens (tertiary/aromatic N) is 5. The Bertz CT molecular complexity index is 1640. The molecule has 0 bridgehead atoms. The Morgan fingerprint density at radius 3 is 2.59 bits per heavy atom. The summed E-state index contributed by atoms with van der Waals surface area (Å²) in [5, 5.41) is 20.6. The number of aliphatic carboxylic acids is 1. The molecule has 0 saturated heterocycles. The third-order valence-electron chi connectivity index (χ3n) is 7.16. The first-order valence-electron chi connectivity index (χ1n) is 11.8. The van der Waals surface area contributed by atoms with Crippen LogP contribution in [0.25, 0.3) is 22.5 Å². The number of aromatic nitrogens is 5. The van der Waals surface area contributed by atoms with E-state index in [4.69, 9.17) is 4.74 Å². The number of alkyl halides is 3. The highest BCUT2D eigenvalue weighted by molar-refractivity contribution is 5.78. The number of carbonyl (C=O) groups is 1. The van der Waals surface area contributed by atoms with Gasteiger partial charge in [0.05, 0.1) is 18.5 Å². The van der Waals surface area contributed by atoms with Crippen LogP contribution in [-0.4, -0.2) is 36.3 Å². The molecule has 3 atom stereocenters. The molecule has 0 spiro atoms. The van der Waals surface area contributed by atoms with Crippen LogP contribution in [-0.2, 0) is 31.0 Å². The van der Waals surface area contributed by atoms with Gasteiger partial charge >= 0.3 is 12.1 Å². The topological polar surface area (TPSA) is 103 Å². The van der Waals surface area contributed by atoms with Gasteiger partial charge in [-0.2, -0.15) is 18.0 Å². The predicted octanol–water partition coefficient (Wildman–Crippen LogP) is 4.79. The number of ether oxygens (including phenoxy) is 1. The van der Waals surface area contributed by atoms with Crippen LogP contribution in [0.4, 0.5) is 22.0 Å². The van der Waals surface area contributed by atoms with E-state index in [1.165, 1.54) is 19.3 Å². The van der Waals surface area contributed by atoms with E-state index in [2.05, 4.69) is 20.4 Å². The van der Waals surface area contributed by atoms with Crippen LogP contribution in [0.5, 0.6) is 5.88 Å². The Balaban J connectivity index is 1.29. The number of hydrogen-bond acceptors (Lipinski definition) is 6. The molecule has 1 saturated carbocycles. The normalized spacial score (nSPS) is 19.5. The lowest BCUT2D eigenvalue weighted by atomic mass is 9.95. The maximum atomic E-state index is 15.1. The minimum atomic E-state index is -4.96. The Kier molecular flexibility index (Phi) is 5.63. The largest absolute Gasteiger partial charge is 0.481 e. The number of halogens is 5. The second-order valence-corrected chi connectivity index (χ2v) is 9.55. The smallest absolute Gasteiger partial charge is 0.417 e. The van der Waals surface area contributed by atoms with Gasteiger partial charge in [-0.1, -0.05) is 12.1 Å². The summed E-state index contributed by atoms with van der Waals surface area (Å²) in [4.78, 5) is 16.6. The Morgan fingerprint density at radius 2 is 1.92 bits per heavy atom. The van der Waals surface area contributed by atoms with Gasteiger partial charge in [-0.3, -0.25) is 4.79 Å². The van der Waals surface area contributed by atoms with E-state index in [0.29, 0.717) is 12.5 Å². The van der Waals surface area contributed by atoms with E-state index in [1.807, 2.05) is 0 Å². The van der Waals surface area contributed by atoms with Gasteiger partial charge in [0.1, 0.15) is 18.2 Å². The first kappa shape index (κ1) is 24.9. The fraction of sp³-hybridized carbons (Fsp3) is 0.269. The maximum Gasteiger partial charge on any atom is 0.417 e. The Labute approximate surface area is 217 Å². The van der Waals surface area contributed by atoms with Gasteiger partial charge in [0.15, 0.2) is 0 Å². The van der Waals surface area contributed by atoms with Gasteiger partial charge in [-0.05, 0) is 52.4 Å². The first-order chi connectivity index (χ1) is 18.5. The highest BCUT2D eigenvalue weighted by atomic mass is 19.4. The fourth-order valence-corrected chi connectivity index (χ4v) is 5.29. The number of fused-ring (bicyclic) bond motifs is 3. The summed E-state index contributed by atoms with van der Waals surface area (Å²) in [6, 6.07) is 6.34. The molecule has 6 rings (SSSR count). The van der Waals surface area contributed by atoms with Crippen molar-refractivity contribution in [3.05, 3.63) is 76.5 Å². The van der Waals surface area contributed by atoms with Crippen LogP contribution in [0.1, 0.15) is 28.2 Å². The van der Waals surface area contributed by atoms with Gasteiger partial charge in [-0.15, -0.1) is 10.2 Å². The number of hydrogen-bond donors (Lipinski definition) is 1. The Hall–Kier alpha value is -4.42. The summed E-state index contributed by atoms with van der Waals surface area (Å²) in [6.45, 7) is -0.462. The minimum Gasteiger partial charge on any atom is -0.481 e. The minimum absolute atomic E-state index is 0.00969. The molecule has 0 aliphatic heterocycles. The van der Waals surface area contributed by atoms with Crippen molar-refractivity contribution in [2.24, 2.45) is 18.9 Å². The summed E-state index contributed by atoms with van der Waals surface area (Å²) >= 11 is 0. The van der Waals surface area contributed by atoms with Crippen LogP contribution in [0.15, 0.2) is 42.6 Å². The van der Waals surface area contributed by atoms with Crippen molar-refractivity contribution < 1.29 is 36.6 Å². The number of benzene rings is 2. The van der Waals surface area contributed by atoms with E-state index in [1.54, 1.807) is 6.07 Å². The predicted molar refractivity (Wildman–Crippen MR) is 124 cm³/mol. The molecule has 3 unspecified atom stereocenters. The van der Waals surface area contributed by atoms with E-state index in [0.717, 1.165) is 34.1 Å². The molecule has 2 aliphatic rings. The van der Waals surface area contributed by atoms with Crippen molar-refractivity contribution in [1.29, 1.82) is 0 Å². The summed E-state index contributed by atoms with van der Waals surface area (Å²) in [5.41, 5.74) is -0.596. The quantitative estimate of drug-likeness (QED) is 0.349. The van der Waals surface area contributed by atoms with Crippen molar-refractivity contribution in [2.75, 3.05) is 0 Å². The van der Waals surface area contributed by atoms with Crippen molar-refractivity contribution in [3.8, 4) is 28.4 Å². The zero-order valence-corrected chi connectivity index (χ0v) is 20.1. The monoisotopic (exact) mass is 543 g/mol. The fourth-order valence-electron chi connectivity index (χ4n) is 5.29. The number of tetrazole rings is 1. The second kappa shape index (κ2) is 8.82. The summed E-state index contributed by atoms with van der Waals surface area (Å²) in [6.07, 6.45) is -2.88. The van der Waals surface area contributed by atoms with E-state index in [-0.39, 0.29) is 40.2 Å². The zero-order chi connectivity index (χ0) is 27.6. The zero-order valence-electron chi connectivity index (χ0n) is 20.1. The molecule has 4 aromatic rings. The molecule has 8 nitrogen and oxygen atoms in total. The molecular weight excluding hydrogens is 525 g/mol. The van der Waals surface area contributed by atoms with Crippen molar-refractivity contribution >= 4 is 5.97 Å². The van der Waals surface area contributed by atoms with Gasteiger partial charge < -0.3 is 9.84 Å². The van der Waals surface area contributed by atoms with E-state index >= 15 is 4.39 Å². The van der Waals surface area contributed by atoms with Crippen LogP contribution in [0.2, 0.25) is 0 Å². The molecule has 2 aromatic carbocycles. The van der Waals surface area contributed by atoms with Gasteiger partial charge in [-0.25, -0.2) is 13.8 Å². The highest BCUT2D eigenvalue weighted by Gasteiger charge is 2.60. The molecular formula is C26H18F5N5O3. The molecule has 2 aliphatic carbocycles. The molecule has 13 heteroatoms. The molecule has 2 heterocycles. The van der Waals surface area contributed by atoms with Crippen LogP contribution in [0.3, 0.4) is 0 Å². The lowest BCUT2D eigenvalue weighted by Crippen LogP contribution is -2.11. The number of aryl methyl sites for hydroxylation is 1. The van der Waals surface area contributed by atoms with Crippen molar-refractivity contribution in [2.45, 2.75) is 25.1 Å². The lowest BCUT2D eigenvalue weighted by Gasteiger charge is -2.17. The van der Waals surface area contributed by atoms with Gasteiger partial charge in [0.25, 0.3) is 0 Å².